The van der Waals surface area contributed by atoms with Crippen molar-refractivity contribution in [1.82, 2.24) is 14.9 Å². The number of carbonyl (C=O) groups is 1. The van der Waals surface area contributed by atoms with Crippen LogP contribution in [-0.4, -0.2) is 40.5 Å². The first-order valence-electron chi connectivity index (χ1n) is 8.75. The van der Waals surface area contributed by atoms with Gasteiger partial charge in [0.25, 0.3) is 0 Å². The maximum absolute atomic E-state index is 13.1. The van der Waals surface area contributed by atoms with Gasteiger partial charge in [-0.3, -0.25) is 9.78 Å². The molecule has 5 nitrogen and oxygen atoms in total. The molecule has 0 bridgehead atoms. The van der Waals surface area contributed by atoms with Crippen molar-refractivity contribution in [2.75, 3.05) is 19.7 Å². The molecule has 27 heavy (non-hydrogen) atoms. The normalized spacial score (nSPS) is 17.5. The number of amides is 1. The Bertz CT molecular complexity index is 988. The number of benzene rings is 2. The molecule has 1 amide bonds. The van der Waals surface area contributed by atoms with E-state index in [0.29, 0.717) is 25.4 Å². The van der Waals surface area contributed by atoms with Gasteiger partial charge < -0.3 is 9.64 Å². The molecule has 1 unspecified atom stereocenters. The second-order valence-corrected chi connectivity index (χ2v) is 6.31. The number of halogens is 1. The Morgan fingerprint density at radius 1 is 1.15 bits per heavy atom. The molecular formula is C21H18FN3O2. The maximum atomic E-state index is 13.1. The Hall–Kier alpha value is -3.12. The minimum Gasteiger partial charge on any atom is -0.370 e. The van der Waals surface area contributed by atoms with E-state index in [1.165, 1.54) is 18.2 Å². The predicted octanol–water partition coefficient (Wildman–Crippen LogP) is 3.38. The highest BCUT2D eigenvalue weighted by Crippen LogP contribution is 2.22. The highest BCUT2D eigenvalue weighted by molar-refractivity contribution is 5.91. The van der Waals surface area contributed by atoms with Crippen LogP contribution in [0.15, 0.2) is 60.8 Å². The van der Waals surface area contributed by atoms with E-state index < -0.39 is 0 Å². The van der Waals surface area contributed by atoms with Crippen LogP contribution in [0.2, 0.25) is 0 Å². The lowest BCUT2D eigenvalue weighted by Gasteiger charge is -2.32. The third-order valence-electron chi connectivity index (χ3n) is 4.48. The Labute approximate surface area is 156 Å². The summed E-state index contributed by atoms with van der Waals surface area (Å²) in [6.45, 7) is 1.39. The standard InChI is InChI=1S/C21H18FN3O2/c22-16-7-5-15(6-8-16)20-14-25(11-12-27-20)21(26)10-9-17-13-23-18-3-1-2-4-19(18)24-17/h1-10,13,20H,11-12,14H2/b10-9+. The summed E-state index contributed by atoms with van der Waals surface area (Å²) in [4.78, 5) is 23.1. The summed E-state index contributed by atoms with van der Waals surface area (Å²) in [5.41, 5.74) is 3.09. The van der Waals surface area contributed by atoms with Crippen LogP contribution in [0.3, 0.4) is 0 Å². The largest absolute Gasteiger partial charge is 0.370 e. The molecule has 1 aliphatic rings. The predicted molar refractivity (Wildman–Crippen MR) is 100 cm³/mol. The van der Waals surface area contributed by atoms with Gasteiger partial charge in [-0.25, -0.2) is 9.37 Å². The fraction of sp³-hybridized carbons (Fsp3) is 0.190. The topological polar surface area (TPSA) is 55.3 Å². The summed E-state index contributed by atoms with van der Waals surface area (Å²) in [6, 6.07) is 13.8. The fourth-order valence-corrected chi connectivity index (χ4v) is 3.04. The minimum atomic E-state index is -0.290. The molecule has 3 aromatic rings. The molecule has 1 atom stereocenters. The quantitative estimate of drug-likeness (QED) is 0.670. The molecular weight excluding hydrogens is 345 g/mol. The summed E-state index contributed by atoms with van der Waals surface area (Å²) < 4.78 is 18.8. The zero-order chi connectivity index (χ0) is 18.6. The molecule has 1 saturated heterocycles. The monoisotopic (exact) mass is 363 g/mol. The molecule has 0 spiro atoms. The van der Waals surface area contributed by atoms with E-state index in [0.717, 1.165) is 16.6 Å². The number of carbonyl (C=O) groups excluding carboxylic acids is 1. The number of aromatic nitrogens is 2. The number of rotatable bonds is 3. The van der Waals surface area contributed by atoms with Gasteiger partial charge in [-0.15, -0.1) is 0 Å². The van der Waals surface area contributed by atoms with Crippen molar-refractivity contribution in [3.63, 3.8) is 0 Å². The van der Waals surface area contributed by atoms with Crippen molar-refractivity contribution in [2.24, 2.45) is 0 Å². The third-order valence-corrected chi connectivity index (χ3v) is 4.48. The summed E-state index contributed by atoms with van der Waals surface area (Å²) in [5.74, 6) is -0.401. The van der Waals surface area contributed by atoms with Crippen molar-refractivity contribution in [3.8, 4) is 0 Å². The first-order chi connectivity index (χ1) is 13.2. The van der Waals surface area contributed by atoms with E-state index in [1.54, 1.807) is 29.3 Å². The summed E-state index contributed by atoms with van der Waals surface area (Å²) in [5, 5.41) is 0. The van der Waals surface area contributed by atoms with E-state index in [-0.39, 0.29) is 17.8 Å². The lowest BCUT2D eigenvalue weighted by molar-refractivity contribution is -0.133. The smallest absolute Gasteiger partial charge is 0.246 e. The van der Waals surface area contributed by atoms with Gasteiger partial charge in [-0.1, -0.05) is 24.3 Å². The van der Waals surface area contributed by atoms with E-state index >= 15 is 0 Å². The van der Waals surface area contributed by atoms with Gasteiger partial charge in [0.1, 0.15) is 11.9 Å². The van der Waals surface area contributed by atoms with Crippen molar-refractivity contribution in [2.45, 2.75) is 6.10 Å². The zero-order valence-corrected chi connectivity index (χ0v) is 14.6. The molecule has 2 aromatic carbocycles. The number of nitrogens with zero attached hydrogens (tertiary/aromatic N) is 3. The van der Waals surface area contributed by atoms with Crippen LogP contribution >= 0.6 is 0 Å². The minimum absolute atomic E-state index is 0.111. The molecule has 0 aliphatic carbocycles. The Morgan fingerprint density at radius 3 is 2.74 bits per heavy atom. The van der Waals surface area contributed by atoms with Gasteiger partial charge in [0.15, 0.2) is 0 Å². The van der Waals surface area contributed by atoms with Crippen LogP contribution in [0.1, 0.15) is 17.4 Å². The van der Waals surface area contributed by atoms with Gasteiger partial charge in [0.2, 0.25) is 5.91 Å². The van der Waals surface area contributed by atoms with Crippen LogP contribution in [0.25, 0.3) is 17.1 Å². The molecule has 6 heteroatoms. The summed E-state index contributed by atoms with van der Waals surface area (Å²) >= 11 is 0. The van der Waals surface area contributed by atoms with Crippen LogP contribution in [-0.2, 0) is 9.53 Å². The number of hydrogen-bond donors (Lipinski definition) is 0. The average Bonchev–Trinajstić information content (AvgIpc) is 2.72. The van der Waals surface area contributed by atoms with E-state index in [2.05, 4.69) is 9.97 Å². The first kappa shape index (κ1) is 17.3. The fourth-order valence-electron chi connectivity index (χ4n) is 3.04. The average molecular weight is 363 g/mol. The molecule has 1 fully saturated rings. The van der Waals surface area contributed by atoms with Crippen LogP contribution in [0.4, 0.5) is 4.39 Å². The van der Waals surface area contributed by atoms with Gasteiger partial charge in [0.05, 0.1) is 36.1 Å². The summed E-state index contributed by atoms with van der Waals surface area (Å²) in [7, 11) is 0. The number of para-hydroxylation sites is 2. The third kappa shape index (κ3) is 4.01. The molecule has 0 saturated carbocycles. The first-order valence-corrected chi connectivity index (χ1v) is 8.75. The highest BCUT2D eigenvalue weighted by Gasteiger charge is 2.24. The lowest BCUT2D eigenvalue weighted by atomic mass is 10.1. The highest BCUT2D eigenvalue weighted by atomic mass is 19.1. The maximum Gasteiger partial charge on any atom is 0.246 e. The van der Waals surface area contributed by atoms with Crippen LogP contribution in [0.5, 0.6) is 0 Å². The molecule has 1 aromatic heterocycles. The van der Waals surface area contributed by atoms with Crippen molar-refractivity contribution in [1.29, 1.82) is 0 Å². The number of morpholine rings is 1. The zero-order valence-electron chi connectivity index (χ0n) is 14.6. The Balaban J connectivity index is 1.45. The van der Waals surface area contributed by atoms with Gasteiger partial charge in [-0.2, -0.15) is 0 Å². The van der Waals surface area contributed by atoms with Gasteiger partial charge in [-0.05, 0) is 35.9 Å². The van der Waals surface area contributed by atoms with E-state index in [1.807, 2.05) is 24.3 Å². The molecule has 0 radical (unpaired) electrons. The number of hydrogen-bond acceptors (Lipinski definition) is 4. The van der Waals surface area contributed by atoms with Crippen molar-refractivity contribution >= 4 is 23.0 Å². The van der Waals surface area contributed by atoms with Gasteiger partial charge in [0, 0.05) is 12.6 Å². The van der Waals surface area contributed by atoms with Crippen molar-refractivity contribution in [3.05, 3.63) is 77.9 Å². The van der Waals surface area contributed by atoms with Gasteiger partial charge >= 0.3 is 0 Å². The Kier molecular flexibility index (Phi) is 4.89. The summed E-state index contributed by atoms with van der Waals surface area (Å²) in [6.07, 6.45) is 4.57. The number of ether oxygens (including phenoxy) is 1. The Morgan fingerprint density at radius 2 is 1.93 bits per heavy atom. The molecule has 1 aliphatic heterocycles. The van der Waals surface area contributed by atoms with Crippen LogP contribution in [0, 0.1) is 5.82 Å². The lowest BCUT2D eigenvalue weighted by Crippen LogP contribution is -2.41. The van der Waals surface area contributed by atoms with Crippen LogP contribution < -0.4 is 0 Å². The molecule has 0 N–H and O–H groups in total. The molecule has 136 valence electrons. The molecule has 4 rings (SSSR count). The van der Waals surface area contributed by atoms with E-state index in [4.69, 9.17) is 4.74 Å². The van der Waals surface area contributed by atoms with Crippen molar-refractivity contribution < 1.29 is 13.9 Å². The van der Waals surface area contributed by atoms with E-state index in [9.17, 15) is 9.18 Å². The second kappa shape index (κ2) is 7.63. The second-order valence-electron chi connectivity index (χ2n) is 6.31. The molecule has 2 heterocycles. The SMILES string of the molecule is O=C(/C=C/c1cnc2ccccc2n1)N1CCOC(c2ccc(F)cc2)C1. The number of fused-ring (bicyclic) bond motifs is 1.